The van der Waals surface area contributed by atoms with Gasteiger partial charge in [0.15, 0.2) is 5.76 Å². The summed E-state index contributed by atoms with van der Waals surface area (Å²) in [6.45, 7) is 0.692. The lowest BCUT2D eigenvalue weighted by atomic mass is 9.97. The summed E-state index contributed by atoms with van der Waals surface area (Å²) < 4.78 is 44.3. The third-order valence-electron chi connectivity index (χ3n) is 3.54. The maximum atomic E-state index is 13.1. The Balaban J connectivity index is 2.04. The first-order valence-electron chi connectivity index (χ1n) is 6.73. The molecule has 1 aliphatic rings. The van der Waals surface area contributed by atoms with E-state index in [1.54, 1.807) is 0 Å². The topological polar surface area (TPSA) is 53.0 Å². The fourth-order valence-electron chi connectivity index (χ4n) is 2.54. The highest BCUT2D eigenvalue weighted by molar-refractivity contribution is 5.65. The van der Waals surface area contributed by atoms with Gasteiger partial charge in [-0.15, -0.1) is 5.10 Å². The van der Waals surface area contributed by atoms with Gasteiger partial charge in [0.2, 0.25) is 0 Å². The average Bonchev–Trinajstić information content (AvgIpc) is 2.96. The third kappa shape index (κ3) is 2.78. The van der Waals surface area contributed by atoms with Gasteiger partial charge in [0.1, 0.15) is 5.69 Å². The van der Waals surface area contributed by atoms with Crippen LogP contribution in [0.4, 0.5) is 13.2 Å². The van der Waals surface area contributed by atoms with Crippen molar-refractivity contribution in [2.45, 2.75) is 31.5 Å². The predicted octanol–water partition coefficient (Wildman–Crippen LogP) is 3.58. The molecule has 21 heavy (non-hydrogen) atoms. The van der Waals surface area contributed by atoms with Crippen molar-refractivity contribution in [1.82, 2.24) is 15.7 Å². The normalized spacial score (nSPS) is 19.7. The van der Waals surface area contributed by atoms with E-state index in [4.69, 9.17) is 4.52 Å². The van der Waals surface area contributed by atoms with Crippen LogP contribution in [0.3, 0.4) is 0 Å². The zero-order valence-electron chi connectivity index (χ0n) is 11.1. The van der Waals surface area contributed by atoms with E-state index in [1.807, 2.05) is 0 Å². The van der Waals surface area contributed by atoms with Crippen LogP contribution in [0, 0.1) is 0 Å². The molecule has 1 aromatic heterocycles. The Kier molecular flexibility index (Phi) is 3.67. The summed E-state index contributed by atoms with van der Waals surface area (Å²) in [5.74, 6) is 0.0681. The van der Waals surface area contributed by atoms with Crippen molar-refractivity contribution >= 4 is 0 Å². The summed E-state index contributed by atoms with van der Waals surface area (Å²) in [4.78, 5) is 0. The summed E-state index contributed by atoms with van der Waals surface area (Å²) in [6.07, 6.45) is -1.72. The van der Waals surface area contributed by atoms with Crippen LogP contribution in [0.25, 0.3) is 11.3 Å². The van der Waals surface area contributed by atoms with Gasteiger partial charge in [-0.3, -0.25) is 0 Å². The van der Waals surface area contributed by atoms with Crippen LogP contribution >= 0.6 is 0 Å². The van der Waals surface area contributed by atoms with Crippen molar-refractivity contribution in [2.24, 2.45) is 0 Å². The largest absolute Gasteiger partial charge is 0.417 e. The molecule has 0 N–H and O–H groups in total. The van der Waals surface area contributed by atoms with Gasteiger partial charge in [-0.1, -0.05) is 24.6 Å². The van der Waals surface area contributed by atoms with E-state index in [-0.39, 0.29) is 17.4 Å². The highest BCUT2D eigenvalue weighted by atomic mass is 19.4. The van der Waals surface area contributed by atoms with Crippen LogP contribution in [-0.2, 0) is 6.18 Å². The second-order valence-corrected chi connectivity index (χ2v) is 4.95. The fraction of sp³-hybridized carbons (Fsp3) is 0.429. The first-order chi connectivity index (χ1) is 10.1. The van der Waals surface area contributed by atoms with Crippen LogP contribution in [-0.4, -0.2) is 16.9 Å². The van der Waals surface area contributed by atoms with Gasteiger partial charge < -0.3 is 4.52 Å². The quantitative estimate of drug-likeness (QED) is 0.851. The Morgan fingerprint density at radius 1 is 1.14 bits per heavy atom. The second kappa shape index (κ2) is 5.48. The maximum absolute atomic E-state index is 13.1. The SMILES string of the molecule is FC(F)(F)c1ccccc1-c1onnc1C1CCCC[N]1. The lowest BCUT2D eigenvalue weighted by Gasteiger charge is -2.20. The van der Waals surface area contributed by atoms with Crippen molar-refractivity contribution in [3.63, 3.8) is 0 Å². The molecule has 7 heteroatoms. The fourth-order valence-corrected chi connectivity index (χ4v) is 2.54. The number of aromatic nitrogens is 2. The molecule has 1 atom stereocenters. The lowest BCUT2D eigenvalue weighted by Crippen LogP contribution is -2.21. The summed E-state index contributed by atoms with van der Waals surface area (Å²) in [7, 11) is 0. The van der Waals surface area contributed by atoms with Gasteiger partial charge >= 0.3 is 6.18 Å². The smallest absolute Gasteiger partial charge is 0.337 e. The molecule has 3 rings (SSSR count). The second-order valence-electron chi connectivity index (χ2n) is 4.95. The molecule has 2 aromatic rings. The number of alkyl halides is 3. The molecule has 0 spiro atoms. The van der Waals surface area contributed by atoms with E-state index >= 15 is 0 Å². The van der Waals surface area contributed by atoms with Crippen molar-refractivity contribution in [2.75, 3.05) is 6.54 Å². The Labute approximate surface area is 119 Å². The molecular formula is C14H13F3N3O. The van der Waals surface area contributed by atoms with Crippen LogP contribution in [0.15, 0.2) is 28.8 Å². The molecule has 1 radical (unpaired) electrons. The molecule has 0 amide bonds. The van der Waals surface area contributed by atoms with E-state index in [0.717, 1.165) is 25.3 Å². The molecule has 0 aliphatic carbocycles. The first-order valence-corrected chi connectivity index (χ1v) is 6.73. The number of benzene rings is 1. The Bertz CT molecular complexity index is 618. The number of hydrogen-bond acceptors (Lipinski definition) is 3. The van der Waals surface area contributed by atoms with E-state index < -0.39 is 11.7 Å². The molecule has 0 saturated carbocycles. The highest BCUT2D eigenvalue weighted by Gasteiger charge is 2.36. The molecule has 1 saturated heterocycles. The molecule has 1 aromatic carbocycles. The summed E-state index contributed by atoms with van der Waals surface area (Å²) >= 11 is 0. The van der Waals surface area contributed by atoms with Gasteiger partial charge in [-0.25, -0.2) is 5.32 Å². The molecule has 4 nitrogen and oxygen atoms in total. The van der Waals surface area contributed by atoms with Crippen molar-refractivity contribution in [3.05, 3.63) is 35.5 Å². The van der Waals surface area contributed by atoms with Crippen LogP contribution in [0.1, 0.15) is 36.6 Å². The van der Waals surface area contributed by atoms with Crippen LogP contribution in [0.5, 0.6) is 0 Å². The minimum atomic E-state index is -4.45. The number of rotatable bonds is 2. The monoisotopic (exact) mass is 296 g/mol. The Morgan fingerprint density at radius 3 is 2.67 bits per heavy atom. The van der Waals surface area contributed by atoms with Crippen molar-refractivity contribution in [3.8, 4) is 11.3 Å². The zero-order chi connectivity index (χ0) is 14.9. The minimum absolute atomic E-state index is 0.0363. The van der Waals surface area contributed by atoms with Gasteiger partial charge in [0, 0.05) is 17.4 Å². The molecule has 1 fully saturated rings. The molecule has 0 bridgehead atoms. The number of piperidine rings is 1. The van der Waals surface area contributed by atoms with E-state index in [2.05, 4.69) is 15.7 Å². The number of halogens is 3. The summed E-state index contributed by atoms with van der Waals surface area (Å²) in [5.41, 5.74) is -0.391. The van der Waals surface area contributed by atoms with Crippen LogP contribution < -0.4 is 5.32 Å². The molecule has 1 aliphatic heterocycles. The van der Waals surface area contributed by atoms with Crippen molar-refractivity contribution < 1.29 is 17.7 Å². The molecule has 111 valence electrons. The zero-order valence-corrected chi connectivity index (χ0v) is 11.1. The average molecular weight is 296 g/mol. The lowest BCUT2D eigenvalue weighted by molar-refractivity contribution is -0.137. The summed E-state index contributed by atoms with van der Waals surface area (Å²) in [5, 5.41) is 11.7. The Hall–Kier alpha value is -1.89. The van der Waals surface area contributed by atoms with Crippen LogP contribution in [0.2, 0.25) is 0 Å². The van der Waals surface area contributed by atoms with Gasteiger partial charge in [-0.2, -0.15) is 13.2 Å². The number of hydrogen-bond donors (Lipinski definition) is 0. The standard InChI is InChI=1S/C14H13F3N3O/c15-14(16,17)10-6-2-1-5-9(10)13-12(19-20-21-13)11-7-3-4-8-18-11/h1-2,5-6,11H,3-4,7-8H2. The van der Waals surface area contributed by atoms with E-state index in [1.165, 1.54) is 18.2 Å². The Morgan fingerprint density at radius 2 is 1.95 bits per heavy atom. The summed E-state index contributed by atoms with van der Waals surface area (Å²) in [6, 6.07) is 5.05. The highest BCUT2D eigenvalue weighted by Crippen LogP contribution is 2.39. The molecule has 2 heterocycles. The minimum Gasteiger partial charge on any atom is -0.337 e. The van der Waals surface area contributed by atoms with Crippen molar-refractivity contribution in [1.29, 1.82) is 0 Å². The third-order valence-corrected chi connectivity index (χ3v) is 3.54. The molecular weight excluding hydrogens is 283 g/mol. The van der Waals surface area contributed by atoms with Gasteiger partial charge in [0.05, 0.1) is 11.6 Å². The van der Waals surface area contributed by atoms with Gasteiger partial charge in [0.25, 0.3) is 0 Å². The molecule has 1 unspecified atom stereocenters. The van der Waals surface area contributed by atoms with Gasteiger partial charge in [-0.05, 0) is 18.9 Å². The predicted molar refractivity (Wildman–Crippen MR) is 68.3 cm³/mol. The van der Waals surface area contributed by atoms with E-state index in [9.17, 15) is 13.2 Å². The maximum Gasteiger partial charge on any atom is 0.417 e. The first kappa shape index (κ1) is 14.1. The number of nitrogens with zero attached hydrogens (tertiary/aromatic N) is 3. The van der Waals surface area contributed by atoms with E-state index in [0.29, 0.717) is 12.2 Å².